The maximum atomic E-state index is 10.8. The summed E-state index contributed by atoms with van der Waals surface area (Å²) < 4.78 is 4.71. The van der Waals surface area contributed by atoms with E-state index in [2.05, 4.69) is 5.32 Å². The van der Waals surface area contributed by atoms with Gasteiger partial charge in [-0.25, -0.2) is 4.79 Å². The maximum Gasteiger partial charge on any atom is 0.407 e. The van der Waals surface area contributed by atoms with Crippen LogP contribution in [-0.2, 0) is 4.74 Å². The molecule has 1 fully saturated rings. The Morgan fingerprint density at radius 3 is 2.53 bits per heavy atom. The quantitative estimate of drug-likeness (QED) is 0.587. The van der Waals surface area contributed by atoms with Crippen LogP contribution in [0, 0.1) is 10.1 Å². The highest BCUT2D eigenvalue weighted by Gasteiger charge is 2.23. The zero-order chi connectivity index (χ0) is 10.8. The van der Waals surface area contributed by atoms with Crippen LogP contribution in [0.5, 0.6) is 0 Å². The van der Waals surface area contributed by atoms with E-state index in [9.17, 15) is 14.9 Å². The molecular formula is C9H8N2O4. The molecule has 1 heterocycles. The molecule has 1 amide bonds. The molecule has 0 unspecified atom stereocenters. The molecule has 1 aliphatic heterocycles. The first-order chi connectivity index (χ1) is 7.16. The van der Waals surface area contributed by atoms with E-state index < -0.39 is 11.0 Å². The van der Waals surface area contributed by atoms with Crippen molar-refractivity contribution in [2.45, 2.75) is 6.04 Å². The molecule has 0 aromatic heterocycles. The van der Waals surface area contributed by atoms with Gasteiger partial charge in [-0.05, 0) is 5.56 Å². The van der Waals surface area contributed by atoms with Crippen LogP contribution in [0.3, 0.4) is 0 Å². The van der Waals surface area contributed by atoms with Gasteiger partial charge in [0.1, 0.15) is 6.61 Å². The summed E-state index contributed by atoms with van der Waals surface area (Å²) in [7, 11) is 0. The lowest BCUT2D eigenvalue weighted by atomic mass is 10.1. The van der Waals surface area contributed by atoms with Gasteiger partial charge in [0.05, 0.1) is 11.0 Å². The van der Waals surface area contributed by atoms with Crippen LogP contribution in [0.25, 0.3) is 0 Å². The maximum absolute atomic E-state index is 10.8. The molecule has 0 saturated carbocycles. The monoisotopic (exact) mass is 208 g/mol. The minimum Gasteiger partial charge on any atom is -0.447 e. The van der Waals surface area contributed by atoms with Crippen molar-refractivity contribution in [1.29, 1.82) is 0 Å². The fourth-order valence-corrected chi connectivity index (χ4v) is 1.39. The number of nitrogens with zero attached hydrogens (tertiary/aromatic N) is 1. The first kappa shape index (κ1) is 9.45. The molecule has 6 nitrogen and oxygen atoms in total. The molecule has 0 bridgehead atoms. The van der Waals surface area contributed by atoms with Gasteiger partial charge in [-0.2, -0.15) is 0 Å². The lowest BCUT2D eigenvalue weighted by Gasteiger charge is -2.06. The molecule has 1 atom stereocenters. The van der Waals surface area contributed by atoms with Crippen molar-refractivity contribution in [2.75, 3.05) is 6.61 Å². The van der Waals surface area contributed by atoms with Crippen LogP contribution in [0.4, 0.5) is 10.5 Å². The number of hydrogen-bond donors (Lipinski definition) is 1. The van der Waals surface area contributed by atoms with Crippen LogP contribution < -0.4 is 5.32 Å². The highest BCUT2D eigenvalue weighted by molar-refractivity contribution is 5.70. The molecule has 1 aromatic carbocycles. The lowest BCUT2D eigenvalue weighted by Crippen LogP contribution is -2.18. The van der Waals surface area contributed by atoms with Crippen molar-refractivity contribution in [1.82, 2.24) is 5.32 Å². The standard InChI is InChI=1S/C9H8N2O4/c12-9-10-8(5-15-9)6-1-3-7(4-2-6)11(13)14/h1-4,8H,5H2,(H,10,12)/t8-/m0/s1. The number of nitrogens with one attached hydrogen (secondary N) is 1. The largest absolute Gasteiger partial charge is 0.447 e. The van der Waals surface area contributed by atoms with Gasteiger partial charge in [0.15, 0.2) is 0 Å². The fraction of sp³-hybridized carbons (Fsp3) is 0.222. The van der Waals surface area contributed by atoms with Crippen molar-refractivity contribution in [3.05, 3.63) is 39.9 Å². The number of rotatable bonds is 2. The topological polar surface area (TPSA) is 81.5 Å². The number of ether oxygens (including phenoxy) is 1. The summed E-state index contributed by atoms with van der Waals surface area (Å²) in [5.41, 5.74) is 0.829. The van der Waals surface area contributed by atoms with Crippen molar-refractivity contribution < 1.29 is 14.5 Å². The molecule has 6 heteroatoms. The Labute approximate surface area is 85.0 Å². The predicted molar refractivity (Wildman–Crippen MR) is 50.3 cm³/mol. The first-order valence-corrected chi connectivity index (χ1v) is 4.34. The van der Waals surface area contributed by atoms with Gasteiger partial charge in [-0.15, -0.1) is 0 Å². The summed E-state index contributed by atoms with van der Waals surface area (Å²) in [6.07, 6.45) is -0.460. The Morgan fingerprint density at radius 1 is 1.40 bits per heavy atom. The van der Waals surface area contributed by atoms with Crippen molar-refractivity contribution in [3.8, 4) is 0 Å². The minimum absolute atomic E-state index is 0.0315. The van der Waals surface area contributed by atoms with E-state index in [4.69, 9.17) is 4.74 Å². The number of carbonyl (C=O) groups excluding carboxylic acids is 1. The minimum atomic E-state index is -0.465. The molecule has 2 rings (SSSR count). The summed E-state index contributed by atoms with van der Waals surface area (Å²) in [6.45, 7) is 0.261. The second kappa shape index (κ2) is 3.56. The Bertz CT molecular complexity index is 401. The summed E-state index contributed by atoms with van der Waals surface area (Å²) >= 11 is 0. The Hall–Kier alpha value is -2.11. The molecule has 78 valence electrons. The normalized spacial score (nSPS) is 19.5. The third-order valence-electron chi connectivity index (χ3n) is 2.18. The van der Waals surface area contributed by atoms with Crippen LogP contribution in [0.2, 0.25) is 0 Å². The van der Waals surface area contributed by atoms with Crippen LogP contribution in [-0.4, -0.2) is 17.6 Å². The molecule has 1 aromatic rings. The average molecular weight is 208 g/mol. The van der Waals surface area contributed by atoms with Gasteiger partial charge >= 0.3 is 6.09 Å². The number of cyclic esters (lactones) is 1. The third kappa shape index (κ3) is 1.88. The number of amides is 1. The van der Waals surface area contributed by atoms with Crippen LogP contribution in [0.1, 0.15) is 11.6 Å². The van der Waals surface area contributed by atoms with Crippen molar-refractivity contribution in [2.24, 2.45) is 0 Å². The van der Waals surface area contributed by atoms with Gasteiger partial charge in [-0.1, -0.05) is 12.1 Å². The SMILES string of the molecule is O=C1N[C@H](c2ccc([N+](=O)[O-])cc2)CO1. The fourth-order valence-electron chi connectivity index (χ4n) is 1.39. The number of non-ortho nitro benzene ring substituents is 1. The number of carbonyl (C=O) groups is 1. The Morgan fingerprint density at radius 2 is 2.07 bits per heavy atom. The van der Waals surface area contributed by atoms with E-state index in [1.165, 1.54) is 12.1 Å². The number of hydrogen-bond acceptors (Lipinski definition) is 4. The number of alkyl carbamates (subject to hydrolysis) is 1. The van der Waals surface area contributed by atoms with E-state index in [-0.39, 0.29) is 18.3 Å². The molecule has 0 radical (unpaired) electrons. The molecule has 0 spiro atoms. The number of benzene rings is 1. The molecule has 1 saturated heterocycles. The second-order valence-corrected chi connectivity index (χ2v) is 3.14. The Kier molecular flexibility index (Phi) is 2.24. The van der Waals surface area contributed by atoms with E-state index in [0.29, 0.717) is 0 Å². The zero-order valence-corrected chi connectivity index (χ0v) is 7.67. The summed E-state index contributed by atoms with van der Waals surface area (Å²) in [4.78, 5) is 20.7. The summed E-state index contributed by atoms with van der Waals surface area (Å²) in [5, 5.41) is 13.0. The van der Waals surface area contributed by atoms with Crippen LogP contribution in [0.15, 0.2) is 24.3 Å². The average Bonchev–Trinajstić information content (AvgIpc) is 2.65. The first-order valence-electron chi connectivity index (χ1n) is 4.34. The van der Waals surface area contributed by atoms with E-state index in [1.807, 2.05) is 0 Å². The summed E-state index contributed by atoms with van der Waals surface area (Å²) in [5.74, 6) is 0. The number of nitro benzene ring substituents is 1. The van der Waals surface area contributed by atoms with E-state index in [1.54, 1.807) is 12.1 Å². The van der Waals surface area contributed by atoms with Crippen molar-refractivity contribution in [3.63, 3.8) is 0 Å². The second-order valence-electron chi connectivity index (χ2n) is 3.14. The van der Waals surface area contributed by atoms with Crippen molar-refractivity contribution >= 4 is 11.8 Å². The highest BCUT2D eigenvalue weighted by Crippen LogP contribution is 2.20. The lowest BCUT2D eigenvalue weighted by molar-refractivity contribution is -0.384. The van der Waals surface area contributed by atoms with E-state index >= 15 is 0 Å². The zero-order valence-electron chi connectivity index (χ0n) is 7.67. The highest BCUT2D eigenvalue weighted by atomic mass is 16.6. The molecule has 15 heavy (non-hydrogen) atoms. The van der Waals surface area contributed by atoms with Gasteiger partial charge in [0.25, 0.3) is 5.69 Å². The molecule has 1 aliphatic rings. The van der Waals surface area contributed by atoms with Crippen LogP contribution >= 0.6 is 0 Å². The third-order valence-corrected chi connectivity index (χ3v) is 2.18. The molecule has 0 aliphatic carbocycles. The smallest absolute Gasteiger partial charge is 0.407 e. The van der Waals surface area contributed by atoms with Gasteiger partial charge in [-0.3, -0.25) is 10.1 Å². The van der Waals surface area contributed by atoms with E-state index in [0.717, 1.165) is 5.56 Å². The molecular weight excluding hydrogens is 200 g/mol. The molecule has 1 N–H and O–H groups in total. The predicted octanol–water partition coefficient (Wildman–Crippen LogP) is 1.38. The Balaban J connectivity index is 2.17. The van der Waals surface area contributed by atoms with Gasteiger partial charge in [0, 0.05) is 12.1 Å². The van der Waals surface area contributed by atoms with Gasteiger partial charge < -0.3 is 10.1 Å². The van der Waals surface area contributed by atoms with Gasteiger partial charge in [0.2, 0.25) is 0 Å². The number of nitro groups is 1. The summed E-state index contributed by atoms with van der Waals surface area (Å²) in [6, 6.07) is 5.81.